The Bertz CT molecular complexity index is 751. The smallest absolute Gasteiger partial charge is 0.271 e. The van der Waals surface area contributed by atoms with Crippen molar-refractivity contribution in [3.63, 3.8) is 0 Å². The molecule has 0 atom stereocenters. The van der Waals surface area contributed by atoms with E-state index < -0.39 is 10.0 Å². The average Bonchev–Trinajstić information content (AvgIpc) is 2.84. The molecule has 0 aliphatic carbocycles. The van der Waals surface area contributed by atoms with Crippen molar-refractivity contribution in [3.8, 4) is 0 Å². The van der Waals surface area contributed by atoms with Crippen molar-refractivity contribution in [3.05, 3.63) is 44.2 Å². The molecule has 20 heavy (non-hydrogen) atoms. The number of halogens is 2. The average molecular weight is 456 g/mol. The Kier molecular flexibility index (Phi) is 4.85. The minimum Gasteiger partial charge on any atom is -0.389 e. The lowest BCUT2D eigenvalue weighted by Gasteiger charge is -2.10. The standard InChI is InChI=1S/C11H8Br2N2O2S3/c12-6-2-1-3-7(13)10(6)15-20(16,17)9-5-4-8(19-9)11(14)18/h1-5,15H,(H2,14,18). The van der Waals surface area contributed by atoms with Gasteiger partial charge >= 0.3 is 0 Å². The maximum atomic E-state index is 12.3. The van der Waals surface area contributed by atoms with E-state index in [-0.39, 0.29) is 9.20 Å². The lowest BCUT2D eigenvalue weighted by Crippen LogP contribution is -2.12. The molecule has 0 bridgehead atoms. The first-order chi connectivity index (χ1) is 9.31. The largest absolute Gasteiger partial charge is 0.389 e. The van der Waals surface area contributed by atoms with Gasteiger partial charge in [-0.2, -0.15) is 0 Å². The molecule has 0 aliphatic heterocycles. The normalized spacial score (nSPS) is 11.3. The molecule has 3 N–H and O–H groups in total. The lowest BCUT2D eigenvalue weighted by molar-refractivity contribution is 0.603. The molecule has 2 aromatic rings. The summed E-state index contributed by atoms with van der Waals surface area (Å²) >= 11 is 12.5. The van der Waals surface area contributed by atoms with E-state index in [4.69, 9.17) is 18.0 Å². The topological polar surface area (TPSA) is 72.2 Å². The van der Waals surface area contributed by atoms with E-state index in [9.17, 15) is 8.42 Å². The summed E-state index contributed by atoms with van der Waals surface area (Å²) in [6, 6.07) is 8.36. The molecule has 0 fully saturated rings. The van der Waals surface area contributed by atoms with Gasteiger partial charge in [-0.25, -0.2) is 8.42 Å². The van der Waals surface area contributed by atoms with Crippen LogP contribution in [0, 0.1) is 0 Å². The van der Waals surface area contributed by atoms with Crippen LogP contribution in [0.5, 0.6) is 0 Å². The fraction of sp³-hybridized carbons (Fsp3) is 0. The number of anilines is 1. The quantitative estimate of drug-likeness (QED) is 0.689. The van der Waals surface area contributed by atoms with E-state index in [2.05, 4.69) is 36.6 Å². The van der Waals surface area contributed by atoms with Crippen LogP contribution >= 0.6 is 55.4 Å². The van der Waals surface area contributed by atoms with Crippen LogP contribution in [0.15, 0.2) is 43.5 Å². The summed E-state index contributed by atoms with van der Waals surface area (Å²) in [5.41, 5.74) is 5.93. The molecule has 0 saturated carbocycles. The van der Waals surface area contributed by atoms with Gasteiger partial charge in [0.2, 0.25) is 0 Å². The highest BCUT2D eigenvalue weighted by Crippen LogP contribution is 2.33. The number of hydrogen-bond acceptors (Lipinski definition) is 4. The molecule has 9 heteroatoms. The van der Waals surface area contributed by atoms with Gasteiger partial charge in [0.1, 0.15) is 9.20 Å². The molecular formula is C11H8Br2N2O2S3. The zero-order valence-electron chi connectivity index (χ0n) is 9.76. The highest BCUT2D eigenvalue weighted by molar-refractivity contribution is 9.11. The Morgan fingerprint density at radius 2 is 1.80 bits per heavy atom. The summed E-state index contributed by atoms with van der Waals surface area (Å²) in [5.74, 6) is 0. The SMILES string of the molecule is NC(=S)c1ccc(S(=O)(=O)Nc2c(Br)cccc2Br)s1. The predicted octanol–water partition coefficient (Wildman–Crippen LogP) is 3.71. The Balaban J connectivity index is 2.38. The van der Waals surface area contributed by atoms with Gasteiger partial charge < -0.3 is 5.73 Å². The van der Waals surface area contributed by atoms with Gasteiger partial charge in [0.15, 0.2) is 0 Å². The number of hydrogen-bond donors (Lipinski definition) is 2. The molecule has 106 valence electrons. The molecule has 0 spiro atoms. The Hall–Kier alpha value is -0.480. The van der Waals surface area contributed by atoms with Crippen molar-refractivity contribution in [2.45, 2.75) is 4.21 Å². The van der Waals surface area contributed by atoms with Crippen molar-refractivity contribution >= 4 is 76.1 Å². The van der Waals surface area contributed by atoms with Gasteiger partial charge in [0.25, 0.3) is 10.0 Å². The maximum absolute atomic E-state index is 12.3. The number of benzene rings is 1. The lowest BCUT2D eigenvalue weighted by atomic mass is 10.3. The fourth-order valence-electron chi connectivity index (χ4n) is 1.38. The maximum Gasteiger partial charge on any atom is 0.271 e. The van der Waals surface area contributed by atoms with Gasteiger partial charge in [-0.3, -0.25) is 4.72 Å². The zero-order valence-corrected chi connectivity index (χ0v) is 15.4. The number of nitrogens with two attached hydrogens (primary N) is 1. The number of sulfonamides is 1. The number of para-hydroxylation sites is 1. The van der Waals surface area contributed by atoms with Crippen molar-refractivity contribution in [2.24, 2.45) is 5.73 Å². The minimum atomic E-state index is -3.68. The molecule has 0 aliphatic rings. The number of thiophene rings is 1. The summed E-state index contributed by atoms with van der Waals surface area (Å²) in [6.07, 6.45) is 0. The van der Waals surface area contributed by atoms with Crippen LogP contribution in [0.25, 0.3) is 0 Å². The first-order valence-electron chi connectivity index (χ1n) is 5.18. The second kappa shape index (κ2) is 6.10. The summed E-state index contributed by atoms with van der Waals surface area (Å²) in [7, 11) is -3.68. The summed E-state index contributed by atoms with van der Waals surface area (Å²) < 4.78 is 28.6. The van der Waals surface area contributed by atoms with Crippen molar-refractivity contribution in [1.29, 1.82) is 0 Å². The molecule has 1 aromatic heterocycles. The van der Waals surface area contributed by atoms with Crippen LogP contribution in [0.3, 0.4) is 0 Å². The highest BCUT2D eigenvalue weighted by Gasteiger charge is 2.20. The number of thiocarbonyl (C=S) groups is 1. The molecule has 2 rings (SSSR count). The van der Waals surface area contributed by atoms with Crippen molar-refractivity contribution in [1.82, 2.24) is 0 Å². The molecule has 0 amide bonds. The van der Waals surface area contributed by atoms with E-state index in [0.29, 0.717) is 19.5 Å². The third-order valence-corrected chi connectivity index (χ3v) is 6.92. The van der Waals surface area contributed by atoms with Gasteiger partial charge in [0, 0.05) is 8.95 Å². The van der Waals surface area contributed by atoms with Crippen molar-refractivity contribution < 1.29 is 8.42 Å². The first kappa shape index (κ1) is 15.9. The Morgan fingerprint density at radius 3 is 2.30 bits per heavy atom. The van der Waals surface area contributed by atoms with E-state index in [1.54, 1.807) is 24.3 Å². The Morgan fingerprint density at radius 1 is 1.20 bits per heavy atom. The van der Waals surface area contributed by atoms with Crippen LogP contribution < -0.4 is 10.5 Å². The summed E-state index contributed by atoms with van der Waals surface area (Å²) in [6.45, 7) is 0. The van der Waals surface area contributed by atoms with Crippen LogP contribution in [-0.4, -0.2) is 13.4 Å². The highest BCUT2D eigenvalue weighted by atomic mass is 79.9. The van der Waals surface area contributed by atoms with Gasteiger partial charge in [-0.05, 0) is 56.1 Å². The summed E-state index contributed by atoms with van der Waals surface area (Å²) in [4.78, 5) is 0.741. The Labute approximate surface area is 142 Å². The van der Waals surface area contributed by atoms with E-state index >= 15 is 0 Å². The molecule has 0 unspecified atom stereocenters. The molecule has 0 saturated heterocycles. The fourth-order valence-corrected chi connectivity index (χ4v) is 5.29. The molecule has 1 heterocycles. The van der Waals surface area contributed by atoms with Crippen LogP contribution in [-0.2, 0) is 10.0 Å². The second-order valence-electron chi connectivity index (χ2n) is 3.69. The van der Waals surface area contributed by atoms with E-state index in [0.717, 1.165) is 11.3 Å². The third-order valence-electron chi connectivity index (χ3n) is 2.29. The van der Waals surface area contributed by atoms with Crippen LogP contribution in [0.2, 0.25) is 0 Å². The van der Waals surface area contributed by atoms with Gasteiger partial charge in [0.05, 0.1) is 10.6 Å². The minimum absolute atomic E-state index is 0.156. The number of nitrogens with one attached hydrogen (secondary N) is 1. The van der Waals surface area contributed by atoms with E-state index in [1.807, 2.05) is 0 Å². The predicted molar refractivity (Wildman–Crippen MR) is 92.9 cm³/mol. The first-order valence-corrected chi connectivity index (χ1v) is 9.47. The number of rotatable bonds is 4. The molecule has 4 nitrogen and oxygen atoms in total. The van der Waals surface area contributed by atoms with Gasteiger partial charge in [-0.15, -0.1) is 11.3 Å². The molecule has 0 radical (unpaired) electrons. The van der Waals surface area contributed by atoms with Crippen LogP contribution in [0.1, 0.15) is 4.88 Å². The van der Waals surface area contributed by atoms with E-state index in [1.165, 1.54) is 6.07 Å². The van der Waals surface area contributed by atoms with Crippen LogP contribution in [0.4, 0.5) is 5.69 Å². The molecule has 1 aromatic carbocycles. The zero-order chi connectivity index (χ0) is 14.9. The second-order valence-corrected chi connectivity index (χ2v) is 8.83. The van der Waals surface area contributed by atoms with Crippen molar-refractivity contribution in [2.75, 3.05) is 4.72 Å². The van der Waals surface area contributed by atoms with Gasteiger partial charge in [-0.1, -0.05) is 18.3 Å². The molecular weight excluding hydrogens is 448 g/mol. The monoisotopic (exact) mass is 454 g/mol. The third kappa shape index (κ3) is 3.40. The summed E-state index contributed by atoms with van der Waals surface area (Å²) in [5, 5.41) is 0.